The number of amides is 2. The third-order valence-electron chi connectivity index (χ3n) is 6.64. The summed E-state index contributed by atoms with van der Waals surface area (Å²) >= 11 is 0. The Morgan fingerprint density at radius 2 is 1.72 bits per heavy atom. The number of benzene rings is 2. The van der Waals surface area contributed by atoms with Gasteiger partial charge in [-0.3, -0.25) is 14.3 Å². The average Bonchev–Trinajstić information content (AvgIpc) is 3.40. The first-order valence-electron chi connectivity index (χ1n) is 12.7. The van der Waals surface area contributed by atoms with E-state index in [1.54, 1.807) is 25.4 Å². The fraction of sp³-hybridized carbons (Fsp3) is 0.370. The minimum atomic E-state index is -3.69. The van der Waals surface area contributed by atoms with Crippen LogP contribution in [0.1, 0.15) is 18.4 Å². The van der Waals surface area contributed by atoms with Gasteiger partial charge in [0.05, 0.1) is 17.7 Å². The summed E-state index contributed by atoms with van der Waals surface area (Å²) in [6.07, 6.45) is 2.54. The molecule has 3 aromatic rings. The fourth-order valence-corrected chi connectivity index (χ4v) is 5.44. The topological polar surface area (TPSA) is 143 Å². The van der Waals surface area contributed by atoms with Crippen LogP contribution in [-0.2, 0) is 26.2 Å². The van der Waals surface area contributed by atoms with Gasteiger partial charge in [-0.05, 0) is 75.3 Å². The molecule has 2 aromatic carbocycles. The zero-order valence-corrected chi connectivity index (χ0v) is 22.9. The van der Waals surface area contributed by atoms with E-state index in [0.29, 0.717) is 31.6 Å². The summed E-state index contributed by atoms with van der Waals surface area (Å²) in [5.74, 6) is 0.0644. The second kappa shape index (κ2) is 12.4. The molecule has 1 fully saturated rings. The number of sulfonamides is 1. The molecule has 0 spiro atoms. The number of aromatic nitrogens is 2. The molecule has 1 saturated heterocycles. The SMILES string of the molecule is COc1ccc(-c2ccn(CC(=O)NC3(C(=O)NCCNS(=O)(=O)c4ccc(C)cc4)CCNCC3)n2)cc1. The summed E-state index contributed by atoms with van der Waals surface area (Å²) in [6.45, 7) is 3.07. The molecule has 39 heavy (non-hydrogen) atoms. The Kier molecular flexibility index (Phi) is 9.00. The fourth-order valence-electron chi connectivity index (χ4n) is 4.41. The number of nitrogens with one attached hydrogen (secondary N) is 4. The molecule has 1 aromatic heterocycles. The van der Waals surface area contributed by atoms with Crippen LogP contribution in [0, 0.1) is 6.92 Å². The van der Waals surface area contributed by atoms with Crippen molar-refractivity contribution in [2.45, 2.75) is 36.7 Å². The van der Waals surface area contributed by atoms with Crippen molar-refractivity contribution in [3.8, 4) is 17.0 Å². The number of carbonyl (C=O) groups excluding carboxylic acids is 2. The standard InChI is InChI=1S/C27H34N6O5S/c1-20-3-9-23(10-4-20)39(36,37)30-17-16-29-26(35)27(12-14-28-15-13-27)31-25(34)19-33-18-11-24(32-33)21-5-7-22(38-2)8-6-21/h3-11,18,28,30H,12-17,19H2,1-2H3,(H,29,35)(H,31,34). The molecule has 0 aliphatic carbocycles. The Morgan fingerprint density at radius 1 is 1.03 bits per heavy atom. The van der Waals surface area contributed by atoms with Gasteiger partial charge in [0.1, 0.15) is 17.8 Å². The molecule has 0 radical (unpaired) electrons. The summed E-state index contributed by atoms with van der Waals surface area (Å²) in [6, 6.07) is 15.8. The highest BCUT2D eigenvalue weighted by atomic mass is 32.2. The number of hydrogen-bond donors (Lipinski definition) is 4. The predicted octanol–water partition coefficient (Wildman–Crippen LogP) is 1.20. The van der Waals surface area contributed by atoms with Crippen LogP contribution in [-0.4, -0.2) is 68.8 Å². The molecule has 0 bridgehead atoms. The van der Waals surface area contributed by atoms with E-state index in [9.17, 15) is 18.0 Å². The summed E-state index contributed by atoms with van der Waals surface area (Å²) in [4.78, 5) is 26.4. The third-order valence-corrected chi connectivity index (χ3v) is 8.11. The van der Waals surface area contributed by atoms with Crippen molar-refractivity contribution in [2.24, 2.45) is 0 Å². The summed E-state index contributed by atoms with van der Waals surface area (Å²) < 4.78 is 34.2. The number of aryl methyl sites for hydroxylation is 1. The van der Waals surface area contributed by atoms with Gasteiger partial charge in [0.2, 0.25) is 21.8 Å². The van der Waals surface area contributed by atoms with Crippen LogP contribution in [0.2, 0.25) is 0 Å². The molecule has 0 unspecified atom stereocenters. The number of ether oxygens (including phenoxy) is 1. The lowest BCUT2D eigenvalue weighted by Gasteiger charge is -2.37. The van der Waals surface area contributed by atoms with Crippen LogP contribution in [0.15, 0.2) is 65.7 Å². The lowest BCUT2D eigenvalue weighted by atomic mass is 9.87. The number of nitrogens with zero attached hydrogens (tertiary/aromatic N) is 2. The number of methoxy groups -OCH3 is 1. The van der Waals surface area contributed by atoms with E-state index in [-0.39, 0.29) is 36.3 Å². The van der Waals surface area contributed by atoms with Gasteiger partial charge in [-0.1, -0.05) is 17.7 Å². The van der Waals surface area contributed by atoms with Crippen LogP contribution in [0.25, 0.3) is 11.3 Å². The normalized spacial score (nSPS) is 14.9. The van der Waals surface area contributed by atoms with Crippen LogP contribution in [0.5, 0.6) is 5.75 Å². The molecule has 11 nitrogen and oxygen atoms in total. The molecular formula is C27H34N6O5S. The molecule has 0 saturated carbocycles. The second-order valence-electron chi connectivity index (χ2n) is 9.47. The van der Waals surface area contributed by atoms with E-state index in [0.717, 1.165) is 16.9 Å². The smallest absolute Gasteiger partial charge is 0.245 e. The third kappa shape index (κ3) is 7.22. The first kappa shape index (κ1) is 28.3. The first-order chi connectivity index (χ1) is 18.7. The van der Waals surface area contributed by atoms with Gasteiger partial charge in [-0.25, -0.2) is 13.1 Å². The largest absolute Gasteiger partial charge is 0.497 e. The van der Waals surface area contributed by atoms with Gasteiger partial charge >= 0.3 is 0 Å². The molecule has 0 atom stereocenters. The molecular weight excluding hydrogens is 520 g/mol. The van der Waals surface area contributed by atoms with Crippen LogP contribution < -0.4 is 25.4 Å². The lowest BCUT2D eigenvalue weighted by molar-refractivity contribution is -0.135. The molecule has 2 heterocycles. The van der Waals surface area contributed by atoms with Crippen molar-refractivity contribution in [3.63, 3.8) is 0 Å². The monoisotopic (exact) mass is 554 g/mol. The average molecular weight is 555 g/mol. The van der Waals surface area contributed by atoms with Crippen molar-refractivity contribution in [2.75, 3.05) is 33.3 Å². The predicted molar refractivity (Wildman–Crippen MR) is 147 cm³/mol. The zero-order valence-electron chi connectivity index (χ0n) is 22.1. The number of rotatable bonds is 11. The maximum atomic E-state index is 13.2. The lowest BCUT2D eigenvalue weighted by Crippen LogP contribution is -2.63. The summed E-state index contributed by atoms with van der Waals surface area (Å²) in [7, 11) is -2.08. The Bertz CT molecular complexity index is 1380. The highest BCUT2D eigenvalue weighted by Crippen LogP contribution is 2.21. The van der Waals surface area contributed by atoms with E-state index in [4.69, 9.17) is 4.74 Å². The minimum Gasteiger partial charge on any atom is -0.497 e. The van der Waals surface area contributed by atoms with E-state index >= 15 is 0 Å². The van der Waals surface area contributed by atoms with E-state index in [2.05, 4.69) is 25.8 Å². The quantitative estimate of drug-likeness (QED) is 0.261. The molecule has 4 rings (SSSR count). The number of piperidine rings is 1. The van der Waals surface area contributed by atoms with Gasteiger partial charge in [0.15, 0.2) is 0 Å². The Balaban J connectivity index is 1.32. The highest BCUT2D eigenvalue weighted by Gasteiger charge is 2.40. The first-order valence-corrected chi connectivity index (χ1v) is 14.2. The van der Waals surface area contributed by atoms with Crippen molar-refractivity contribution < 1.29 is 22.7 Å². The van der Waals surface area contributed by atoms with Crippen molar-refractivity contribution in [1.82, 2.24) is 30.5 Å². The van der Waals surface area contributed by atoms with Gasteiger partial charge < -0.3 is 20.7 Å². The molecule has 1 aliphatic rings. The summed E-state index contributed by atoms with van der Waals surface area (Å²) in [5.41, 5.74) is 1.47. The Labute approximate surface area is 228 Å². The van der Waals surface area contributed by atoms with Crippen molar-refractivity contribution in [1.29, 1.82) is 0 Å². The molecule has 208 valence electrons. The van der Waals surface area contributed by atoms with Gasteiger partial charge in [-0.15, -0.1) is 0 Å². The zero-order chi connectivity index (χ0) is 27.9. The Morgan fingerprint density at radius 3 is 2.38 bits per heavy atom. The molecule has 2 amide bonds. The van der Waals surface area contributed by atoms with E-state index in [1.165, 1.54) is 16.8 Å². The van der Waals surface area contributed by atoms with E-state index in [1.807, 2.05) is 37.3 Å². The summed E-state index contributed by atoms with van der Waals surface area (Å²) in [5, 5.41) is 13.4. The van der Waals surface area contributed by atoms with Crippen molar-refractivity contribution >= 4 is 21.8 Å². The minimum absolute atomic E-state index is 0.0195. The van der Waals surface area contributed by atoms with Gasteiger partial charge in [0.25, 0.3) is 0 Å². The van der Waals surface area contributed by atoms with Crippen LogP contribution in [0.3, 0.4) is 0 Å². The molecule has 1 aliphatic heterocycles. The second-order valence-corrected chi connectivity index (χ2v) is 11.2. The van der Waals surface area contributed by atoms with Gasteiger partial charge in [-0.2, -0.15) is 5.10 Å². The van der Waals surface area contributed by atoms with Crippen LogP contribution >= 0.6 is 0 Å². The van der Waals surface area contributed by atoms with Crippen LogP contribution in [0.4, 0.5) is 0 Å². The highest BCUT2D eigenvalue weighted by molar-refractivity contribution is 7.89. The molecule has 12 heteroatoms. The number of hydrogen-bond acceptors (Lipinski definition) is 7. The Hall–Kier alpha value is -3.74. The maximum absolute atomic E-state index is 13.2. The van der Waals surface area contributed by atoms with Gasteiger partial charge in [0, 0.05) is 24.8 Å². The van der Waals surface area contributed by atoms with E-state index < -0.39 is 15.6 Å². The number of carbonyl (C=O) groups is 2. The maximum Gasteiger partial charge on any atom is 0.245 e. The van der Waals surface area contributed by atoms with Crippen molar-refractivity contribution in [3.05, 3.63) is 66.4 Å². The molecule has 4 N–H and O–H groups in total.